The number of hydrogen-bond acceptors (Lipinski definition) is 6. The molecule has 0 aromatic heterocycles. The normalized spacial score (nSPS) is 14.4. The van der Waals surface area contributed by atoms with Crippen molar-refractivity contribution in [3.63, 3.8) is 0 Å². The molecule has 0 aliphatic carbocycles. The first-order chi connectivity index (χ1) is 16.9. The molecule has 1 N–H and O–H groups in total. The van der Waals surface area contributed by atoms with Gasteiger partial charge in [0.2, 0.25) is 10.0 Å². The molecule has 0 atom stereocenters. The Morgan fingerprint density at radius 2 is 1.40 bits per heavy atom. The monoisotopic (exact) mass is 494 g/mol. The fraction of sp³-hybridized carbons (Fsp3) is 0.231. The summed E-state index contributed by atoms with van der Waals surface area (Å²) in [5.74, 6) is -1.17. The molecule has 0 bridgehead atoms. The van der Waals surface area contributed by atoms with Gasteiger partial charge in [0.05, 0.1) is 29.7 Å². The number of ether oxygens (including phenoxy) is 2. The molecule has 9 heteroatoms. The molecule has 35 heavy (non-hydrogen) atoms. The molecule has 0 unspecified atom stereocenters. The first kappa shape index (κ1) is 24.6. The second-order valence-corrected chi connectivity index (χ2v) is 9.88. The number of sulfonamides is 1. The highest BCUT2D eigenvalue weighted by atomic mass is 32.2. The van der Waals surface area contributed by atoms with Crippen molar-refractivity contribution in [2.75, 3.05) is 32.9 Å². The summed E-state index contributed by atoms with van der Waals surface area (Å²) in [6.45, 7) is 0.799. The Morgan fingerprint density at radius 3 is 1.94 bits per heavy atom. The summed E-state index contributed by atoms with van der Waals surface area (Å²) in [4.78, 5) is 25.2. The number of benzene rings is 3. The average Bonchev–Trinajstić information content (AvgIpc) is 2.92. The third-order valence-corrected chi connectivity index (χ3v) is 7.52. The highest BCUT2D eigenvalue weighted by Crippen LogP contribution is 2.22. The van der Waals surface area contributed by atoms with Gasteiger partial charge in [-0.2, -0.15) is 4.31 Å². The lowest BCUT2D eigenvalue weighted by Crippen LogP contribution is -2.40. The van der Waals surface area contributed by atoms with Crippen LogP contribution in [0, 0.1) is 0 Å². The maximum Gasteiger partial charge on any atom is 0.338 e. The van der Waals surface area contributed by atoms with Crippen molar-refractivity contribution in [1.29, 1.82) is 0 Å². The van der Waals surface area contributed by atoms with Crippen LogP contribution < -0.4 is 5.32 Å². The van der Waals surface area contributed by atoms with Gasteiger partial charge in [-0.25, -0.2) is 13.2 Å². The highest BCUT2D eigenvalue weighted by molar-refractivity contribution is 7.89. The van der Waals surface area contributed by atoms with E-state index in [-0.39, 0.29) is 23.5 Å². The Morgan fingerprint density at radius 1 is 0.857 bits per heavy atom. The number of carbonyl (C=O) groups excluding carboxylic acids is 2. The smallest absolute Gasteiger partial charge is 0.338 e. The van der Waals surface area contributed by atoms with Crippen molar-refractivity contribution < 1.29 is 27.5 Å². The lowest BCUT2D eigenvalue weighted by atomic mass is 9.99. The van der Waals surface area contributed by atoms with E-state index in [4.69, 9.17) is 9.47 Å². The third-order valence-electron chi connectivity index (χ3n) is 5.60. The standard InChI is InChI=1S/C26H26N2O6S/c29-24(27-25(20-7-3-1-4-8-20)21-9-5-2-6-10-21)19-34-26(30)22-11-13-23(14-12-22)35(31,32)28-15-17-33-18-16-28/h1-14,25H,15-19H2,(H,27,29). The molecule has 0 radical (unpaired) electrons. The number of nitrogens with zero attached hydrogens (tertiary/aromatic N) is 1. The SMILES string of the molecule is O=C(COC(=O)c1ccc(S(=O)(=O)N2CCOCC2)cc1)NC(c1ccccc1)c1ccccc1. The van der Waals surface area contributed by atoms with E-state index in [0.29, 0.717) is 13.2 Å². The van der Waals surface area contributed by atoms with E-state index in [1.54, 1.807) is 0 Å². The number of amides is 1. The molecule has 4 rings (SSSR count). The number of rotatable bonds is 8. The van der Waals surface area contributed by atoms with Gasteiger partial charge in [0.25, 0.3) is 5.91 Å². The lowest BCUT2D eigenvalue weighted by molar-refractivity contribution is -0.124. The molecule has 8 nitrogen and oxygen atoms in total. The van der Waals surface area contributed by atoms with Crippen LogP contribution in [0.4, 0.5) is 0 Å². The highest BCUT2D eigenvalue weighted by Gasteiger charge is 2.26. The lowest BCUT2D eigenvalue weighted by Gasteiger charge is -2.26. The van der Waals surface area contributed by atoms with Gasteiger partial charge < -0.3 is 14.8 Å². The van der Waals surface area contributed by atoms with Crippen LogP contribution in [0.15, 0.2) is 89.8 Å². The van der Waals surface area contributed by atoms with Crippen molar-refractivity contribution in [1.82, 2.24) is 9.62 Å². The van der Waals surface area contributed by atoms with E-state index >= 15 is 0 Å². The average molecular weight is 495 g/mol. The Balaban J connectivity index is 1.37. The first-order valence-electron chi connectivity index (χ1n) is 11.2. The molecule has 1 aliphatic rings. The van der Waals surface area contributed by atoms with Crippen molar-refractivity contribution in [2.24, 2.45) is 0 Å². The summed E-state index contributed by atoms with van der Waals surface area (Å²) in [6, 6.07) is 24.1. The minimum absolute atomic E-state index is 0.0854. The molecular formula is C26H26N2O6S. The van der Waals surface area contributed by atoms with Gasteiger partial charge in [-0.3, -0.25) is 4.79 Å². The molecule has 1 amide bonds. The molecule has 1 aliphatic heterocycles. The number of hydrogen-bond donors (Lipinski definition) is 1. The zero-order valence-corrected chi connectivity index (χ0v) is 19.8. The quantitative estimate of drug-likeness (QED) is 0.483. The number of nitrogens with one attached hydrogen (secondary N) is 1. The molecule has 1 fully saturated rings. The number of morpholine rings is 1. The molecular weight excluding hydrogens is 468 g/mol. The first-order valence-corrected chi connectivity index (χ1v) is 12.6. The summed E-state index contributed by atoms with van der Waals surface area (Å²) in [5, 5.41) is 2.91. The molecule has 3 aromatic rings. The van der Waals surface area contributed by atoms with Crippen LogP contribution in [-0.4, -0.2) is 57.5 Å². The molecule has 3 aromatic carbocycles. The van der Waals surface area contributed by atoms with Gasteiger partial charge in [0, 0.05) is 13.1 Å². The van der Waals surface area contributed by atoms with E-state index in [0.717, 1.165) is 11.1 Å². The topological polar surface area (TPSA) is 102 Å². The van der Waals surface area contributed by atoms with Crippen molar-refractivity contribution in [3.05, 3.63) is 102 Å². The Hall–Kier alpha value is -3.53. The Bertz CT molecular complexity index is 1200. The second-order valence-electron chi connectivity index (χ2n) is 7.94. The summed E-state index contributed by atoms with van der Waals surface area (Å²) in [7, 11) is -3.66. The van der Waals surface area contributed by atoms with Crippen LogP contribution in [-0.2, 0) is 24.3 Å². The Kier molecular flexibility index (Phi) is 7.91. The van der Waals surface area contributed by atoms with Crippen LogP contribution >= 0.6 is 0 Å². The van der Waals surface area contributed by atoms with E-state index in [9.17, 15) is 18.0 Å². The van der Waals surface area contributed by atoms with Gasteiger partial charge in [-0.1, -0.05) is 60.7 Å². The third kappa shape index (κ3) is 6.13. The van der Waals surface area contributed by atoms with Gasteiger partial charge in [0.1, 0.15) is 0 Å². The summed E-state index contributed by atoms with van der Waals surface area (Å²) >= 11 is 0. The van der Waals surface area contributed by atoms with Crippen molar-refractivity contribution in [2.45, 2.75) is 10.9 Å². The minimum Gasteiger partial charge on any atom is -0.452 e. The molecule has 0 spiro atoms. The largest absolute Gasteiger partial charge is 0.452 e. The summed E-state index contributed by atoms with van der Waals surface area (Å²) in [6.07, 6.45) is 0. The van der Waals surface area contributed by atoms with Crippen LogP contribution in [0.2, 0.25) is 0 Å². The fourth-order valence-electron chi connectivity index (χ4n) is 3.77. The van der Waals surface area contributed by atoms with Gasteiger partial charge in [0.15, 0.2) is 6.61 Å². The Labute approximate surface area is 204 Å². The van der Waals surface area contributed by atoms with Crippen LogP contribution in [0.5, 0.6) is 0 Å². The van der Waals surface area contributed by atoms with Crippen LogP contribution in [0.1, 0.15) is 27.5 Å². The minimum atomic E-state index is -3.66. The molecule has 1 saturated heterocycles. The zero-order chi connectivity index (χ0) is 24.7. The number of esters is 1. The molecule has 182 valence electrons. The van der Waals surface area contributed by atoms with Crippen LogP contribution in [0.3, 0.4) is 0 Å². The van der Waals surface area contributed by atoms with E-state index < -0.39 is 34.5 Å². The van der Waals surface area contributed by atoms with Gasteiger partial charge in [-0.15, -0.1) is 0 Å². The van der Waals surface area contributed by atoms with Gasteiger partial charge in [-0.05, 0) is 35.4 Å². The van der Waals surface area contributed by atoms with E-state index in [1.807, 2.05) is 60.7 Å². The summed E-state index contributed by atoms with van der Waals surface area (Å²) < 4.78 is 37.2. The zero-order valence-electron chi connectivity index (χ0n) is 19.0. The maximum atomic E-state index is 12.7. The molecule has 1 heterocycles. The van der Waals surface area contributed by atoms with E-state index in [1.165, 1.54) is 28.6 Å². The second kappa shape index (κ2) is 11.3. The predicted molar refractivity (Wildman–Crippen MR) is 129 cm³/mol. The number of carbonyl (C=O) groups is 2. The van der Waals surface area contributed by atoms with Crippen molar-refractivity contribution in [3.8, 4) is 0 Å². The van der Waals surface area contributed by atoms with E-state index in [2.05, 4.69) is 5.32 Å². The van der Waals surface area contributed by atoms with Crippen molar-refractivity contribution >= 4 is 21.9 Å². The summed E-state index contributed by atoms with van der Waals surface area (Å²) in [5.41, 5.74) is 1.95. The van der Waals surface area contributed by atoms with Crippen LogP contribution in [0.25, 0.3) is 0 Å². The molecule has 0 saturated carbocycles. The van der Waals surface area contributed by atoms with Gasteiger partial charge >= 0.3 is 5.97 Å². The predicted octanol–water partition coefficient (Wildman–Crippen LogP) is 2.77. The maximum absolute atomic E-state index is 12.7. The fourth-order valence-corrected chi connectivity index (χ4v) is 5.17.